The summed E-state index contributed by atoms with van der Waals surface area (Å²) in [5.74, 6) is 4.25. The standard InChI is InChI=1S/C29H32N2O4/c1-4-10-26(11-5-2)29(32)35-23-9-7-6-8-22-30(3)27-18-14-24(15-19-27)12-13-25-16-20-28(21-17-25)31(33)34/h1-2,12-21,26H,6-11,22-23H2,3H3/b13-12+. The summed E-state index contributed by atoms with van der Waals surface area (Å²) in [6, 6.07) is 14.7. The predicted octanol–water partition coefficient (Wildman–Crippen LogP) is 5.97. The maximum absolute atomic E-state index is 12.0. The van der Waals surface area contributed by atoms with E-state index in [1.54, 1.807) is 12.1 Å². The summed E-state index contributed by atoms with van der Waals surface area (Å²) in [5, 5.41) is 10.7. The number of benzene rings is 2. The Kier molecular flexibility index (Phi) is 11.7. The molecule has 35 heavy (non-hydrogen) atoms. The van der Waals surface area contributed by atoms with Crippen LogP contribution in [0.25, 0.3) is 12.2 Å². The highest BCUT2D eigenvalue weighted by molar-refractivity contribution is 5.73. The fourth-order valence-electron chi connectivity index (χ4n) is 3.49. The molecule has 6 heteroatoms. The van der Waals surface area contributed by atoms with E-state index in [1.165, 1.54) is 12.1 Å². The highest BCUT2D eigenvalue weighted by Crippen LogP contribution is 2.18. The third-order valence-corrected chi connectivity index (χ3v) is 5.60. The van der Waals surface area contributed by atoms with E-state index in [0.29, 0.717) is 19.4 Å². The first-order chi connectivity index (χ1) is 16.9. The van der Waals surface area contributed by atoms with Crippen molar-refractivity contribution in [2.75, 3.05) is 25.1 Å². The molecule has 2 aromatic carbocycles. The molecule has 0 atom stereocenters. The van der Waals surface area contributed by atoms with Crippen molar-refractivity contribution in [3.63, 3.8) is 0 Å². The molecule has 0 radical (unpaired) electrons. The first kappa shape index (κ1) is 27.2. The Morgan fingerprint density at radius 1 is 0.971 bits per heavy atom. The van der Waals surface area contributed by atoms with E-state index < -0.39 is 10.8 Å². The molecule has 0 fully saturated rings. The number of hydrogen-bond donors (Lipinski definition) is 0. The van der Waals surface area contributed by atoms with Gasteiger partial charge in [0.25, 0.3) is 5.69 Å². The number of nitro groups is 1. The lowest BCUT2D eigenvalue weighted by molar-refractivity contribution is -0.384. The number of carbonyl (C=O) groups excluding carboxylic acids is 1. The molecule has 6 nitrogen and oxygen atoms in total. The van der Waals surface area contributed by atoms with E-state index in [9.17, 15) is 14.9 Å². The summed E-state index contributed by atoms with van der Waals surface area (Å²) in [6.45, 7) is 1.33. The molecular weight excluding hydrogens is 440 g/mol. The van der Waals surface area contributed by atoms with Crippen LogP contribution in [0, 0.1) is 40.7 Å². The van der Waals surface area contributed by atoms with Gasteiger partial charge in [-0.05, 0) is 54.7 Å². The number of unbranched alkanes of at least 4 members (excludes halogenated alkanes) is 3. The smallest absolute Gasteiger partial charge is 0.310 e. The van der Waals surface area contributed by atoms with E-state index in [0.717, 1.165) is 49.0 Å². The normalized spacial score (nSPS) is 10.6. The van der Waals surface area contributed by atoms with E-state index in [4.69, 9.17) is 17.6 Å². The summed E-state index contributed by atoms with van der Waals surface area (Å²) in [7, 11) is 2.07. The molecule has 0 aliphatic heterocycles. The second-order valence-corrected chi connectivity index (χ2v) is 8.29. The molecule has 0 aliphatic rings. The van der Waals surface area contributed by atoms with Crippen LogP contribution in [0.1, 0.15) is 49.7 Å². The minimum Gasteiger partial charge on any atom is -0.465 e. The van der Waals surface area contributed by atoms with E-state index in [1.807, 2.05) is 12.2 Å². The second kappa shape index (κ2) is 15.0. The first-order valence-corrected chi connectivity index (χ1v) is 11.7. The first-order valence-electron chi connectivity index (χ1n) is 11.7. The molecule has 0 N–H and O–H groups in total. The lowest BCUT2D eigenvalue weighted by atomic mass is 10.0. The number of non-ortho nitro benzene ring substituents is 1. The molecule has 0 bridgehead atoms. The fourth-order valence-corrected chi connectivity index (χ4v) is 3.49. The van der Waals surface area contributed by atoms with Gasteiger partial charge in [0, 0.05) is 44.3 Å². The van der Waals surface area contributed by atoms with Crippen LogP contribution < -0.4 is 4.90 Å². The summed E-state index contributed by atoms with van der Waals surface area (Å²) in [5.41, 5.74) is 3.19. The Balaban J connectivity index is 1.67. The Hall–Kier alpha value is -4.03. The molecule has 0 saturated carbocycles. The number of terminal acetylenes is 2. The van der Waals surface area contributed by atoms with Crippen LogP contribution in [0.3, 0.4) is 0 Å². The van der Waals surface area contributed by atoms with Gasteiger partial charge in [-0.2, -0.15) is 0 Å². The number of hydrogen-bond acceptors (Lipinski definition) is 5. The zero-order chi connectivity index (χ0) is 25.5. The van der Waals surface area contributed by atoms with Gasteiger partial charge >= 0.3 is 5.97 Å². The average molecular weight is 473 g/mol. The molecule has 2 rings (SSSR count). The molecule has 182 valence electrons. The van der Waals surface area contributed by atoms with Crippen LogP contribution in [0.2, 0.25) is 0 Å². The van der Waals surface area contributed by atoms with Gasteiger partial charge < -0.3 is 9.64 Å². The van der Waals surface area contributed by atoms with Crippen molar-refractivity contribution < 1.29 is 14.5 Å². The van der Waals surface area contributed by atoms with Crippen molar-refractivity contribution >= 4 is 29.5 Å². The predicted molar refractivity (Wildman–Crippen MR) is 142 cm³/mol. The number of rotatable bonds is 14. The molecule has 0 amide bonds. The van der Waals surface area contributed by atoms with Crippen LogP contribution in [0.4, 0.5) is 11.4 Å². The molecule has 0 heterocycles. The SMILES string of the molecule is C#CCC(CC#C)C(=O)OCCCCCCN(C)c1ccc(/C=C/c2ccc([N+](=O)[O-])cc2)cc1. The van der Waals surface area contributed by atoms with Crippen molar-refractivity contribution in [2.24, 2.45) is 5.92 Å². The highest BCUT2D eigenvalue weighted by Gasteiger charge is 2.17. The summed E-state index contributed by atoms with van der Waals surface area (Å²) < 4.78 is 5.31. The topological polar surface area (TPSA) is 72.7 Å². The van der Waals surface area contributed by atoms with Gasteiger partial charge in [-0.1, -0.05) is 30.7 Å². The summed E-state index contributed by atoms with van der Waals surface area (Å²) in [6.07, 6.45) is 19.0. The maximum atomic E-state index is 12.0. The van der Waals surface area contributed by atoms with Gasteiger partial charge in [0.05, 0.1) is 17.4 Å². The Morgan fingerprint density at radius 3 is 2.06 bits per heavy atom. The van der Waals surface area contributed by atoms with Gasteiger partial charge in [0.2, 0.25) is 0 Å². The molecule has 0 aliphatic carbocycles. The van der Waals surface area contributed by atoms with Crippen LogP contribution in [-0.4, -0.2) is 31.1 Å². The zero-order valence-corrected chi connectivity index (χ0v) is 20.2. The van der Waals surface area contributed by atoms with Crippen molar-refractivity contribution in [2.45, 2.75) is 38.5 Å². The second-order valence-electron chi connectivity index (χ2n) is 8.29. The van der Waals surface area contributed by atoms with Gasteiger partial charge in [-0.3, -0.25) is 14.9 Å². The number of anilines is 1. The van der Waals surface area contributed by atoms with Gasteiger partial charge in [-0.15, -0.1) is 24.7 Å². The minimum atomic E-state index is -0.402. The summed E-state index contributed by atoms with van der Waals surface area (Å²) >= 11 is 0. The average Bonchev–Trinajstić information content (AvgIpc) is 2.87. The van der Waals surface area contributed by atoms with Gasteiger partial charge in [-0.25, -0.2) is 0 Å². The van der Waals surface area contributed by atoms with Crippen LogP contribution in [0.15, 0.2) is 48.5 Å². The van der Waals surface area contributed by atoms with Crippen LogP contribution in [0.5, 0.6) is 0 Å². The number of nitro benzene ring substituents is 1. The lowest BCUT2D eigenvalue weighted by Crippen LogP contribution is -2.18. The monoisotopic (exact) mass is 472 g/mol. The Labute approximate surface area is 208 Å². The molecule has 2 aromatic rings. The van der Waals surface area contributed by atoms with Crippen molar-refractivity contribution in [3.8, 4) is 24.7 Å². The van der Waals surface area contributed by atoms with E-state index in [2.05, 4.69) is 48.1 Å². The van der Waals surface area contributed by atoms with Crippen molar-refractivity contribution in [1.29, 1.82) is 0 Å². The third kappa shape index (κ3) is 9.78. The molecule has 0 aromatic heterocycles. The largest absolute Gasteiger partial charge is 0.465 e. The van der Waals surface area contributed by atoms with E-state index in [-0.39, 0.29) is 11.7 Å². The zero-order valence-electron chi connectivity index (χ0n) is 20.2. The Bertz CT molecular complexity index is 1040. The molecule has 0 spiro atoms. The molecule has 0 unspecified atom stereocenters. The molecule has 0 saturated heterocycles. The minimum absolute atomic E-state index is 0.0864. The van der Waals surface area contributed by atoms with E-state index >= 15 is 0 Å². The number of esters is 1. The summed E-state index contributed by atoms with van der Waals surface area (Å²) in [4.78, 5) is 24.5. The maximum Gasteiger partial charge on any atom is 0.310 e. The van der Waals surface area contributed by atoms with Gasteiger partial charge in [0.15, 0.2) is 0 Å². The van der Waals surface area contributed by atoms with Crippen molar-refractivity contribution in [3.05, 3.63) is 69.8 Å². The highest BCUT2D eigenvalue weighted by atomic mass is 16.6. The number of ether oxygens (including phenoxy) is 1. The van der Waals surface area contributed by atoms with Gasteiger partial charge in [0.1, 0.15) is 0 Å². The Morgan fingerprint density at radius 2 is 1.51 bits per heavy atom. The lowest BCUT2D eigenvalue weighted by Gasteiger charge is -2.19. The fraction of sp³-hybridized carbons (Fsp3) is 0.345. The molecular formula is C29H32N2O4. The van der Waals surface area contributed by atoms with Crippen LogP contribution in [-0.2, 0) is 9.53 Å². The number of carbonyl (C=O) groups is 1. The van der Waals surface area contributed by atoms with Crippen LogP contribution >= 0.6 is 0 Å². The number of nitrogens with zero attached hydrogens (tertiary/aromatic N) is 2. The third-order valence-electron chi connectivity index (χ3n) is 5.60. The quantitative estimate of drug-likeness (QED) is 0.0846. The van der Waals surface area contributed by atoms with Crippen molar-refractivity contribution in [1.82, 2.24) is 0 Å².